The van der Waals surface area contributed by atoms with E-state index >= 15 is 0 Å². The average molecular weight is 286 g/mol. The van der Waals surface area contributed by atoms with Gasteiger partial charge in [-0.05, 0) is 25.0 Å². The molecule has 2 nitrogen and oxygen atoms in total. The highest BCUT2D eigenvalue weighted by molar-refractivity contribution is 6.39. The van der Waals surface area contributed by atoms with Crippen LogP contribution in [0.2, 0.25) is 10.0 Å². The predicted molar refractivity (Wildman–Crippen MR) is 76.4 cm³/mol. The van der Waals surface area contributed by atoms with Crippen LogP contribution in [0.1, 0.15) is 48.9 Å². The normalized spacial score (nSPS) is 17.4. The molecule has 0 aromatic heterocycles. The third kappa shape index (κ3) is 2.99. The molecule has 0 amide bonds. The Balaban J connectivity index is 2.22. The minimum absolute atomic E-state index is 0.114. The van der Waals surface area contributed by atoms with Crippen LogP contribution in [-0.2, 0) is 0 Å². The lowest BCUT2D eigenvalue weighted by Gasteiger charge is -2.13. The Bertz CT molecular complexity index is 428. The molecule has 1 fully saturated rings. The van der Waals surface area contributed by atoms with Gasteiger partial charge in [-0.15, -0.1) is 0 Å². The van der Waals surface area contributed by atoms with E-state index in [4.69, 9.17) is 28.9 Å². The zero-order valence-corrected chi connectivity index (χ0v) is 11.7. The van der Waals surface area contributed by atoms with Crippen molar-refractivity contribution >= 4 is 34.7 Å². The Morgan fingerprint density at radius 3 is 2.06 bits per heavy atom. The topological polar surface area (TPSA) is 43.1 Å². The molecule has 0 unspecified atom stereocenters. The molecular weight excluding hydrogens is 269 g/mol. The van der Waals surface area contributed by atoms with Gasteiger partial charge >= 0.3 is 0 Å². The van der Waals surface area contributed by atoms with Crippen molar-refractivity contribution in [2.75, 3.05) is 5.73 Å². The first-order chi connectivity index (χ1) is 8.59. The van der Waals surface area contributed by atoms with Crippen LogP contribution in [0.25, 0.3) is 0 Å². The Morgan fingerprint density at radius 1 is 1.06 bits per heavy atom. The standard InChI is InChI=1S/C14H17Cl2NO/c15-11-7-10(8-12(16)13(11)17)14(18)9-5-3-1-2-4-6-9/h7-9H,1-6,17H2. The SMILES string of the molecule is Nc1c(Cl)cc(C(=O)C2CCCCCC2)cc1Cl. The maximum atomic E-state index is 12.4. The van der Waals surface area contributed by atoms with Crippen molar-refractivity contribution in [2.45, 2.75) is 38.5 Å². The molecule has 18 heavy (non-hydrogen) atoms. The second kappa shape index (κ2) is 5.94. The molecule has 4 heteroatoms. The van der Waals surface area contributed by atoms with Crippen molar-refractivity contribution < 1.29 is 4.79 Å². The van der Waals surface area contributed by atoms with E-state index in [2.05, 4.69) is 0 Å². The number of nitrogen functional groups attached to an aromatic ring is 1. The second-order valence-corrected chi connectivity index (χ2v) is 5.72. The van der Waals surface area contributed by atoms with Crippen molar-refractivity contribution in [1.29, 1.82) is 0 Å². The molecule has 98 valence electrons. The number of nitrogens with two attached hydrogens (primary N) is 1. The van der Waals surface area contributed by atoms with Gasteiger partial charge in [0.15, 0.2) is 5.78 Å². The first-order valence-corrected chi connectivity index (χ1v) is 7.14. The van der Waals surface area contributed by atoms with Gasteiger partial charge in [-0.2, -0.15) is 0 Å². The molecule has 0 heterocycles. The maximum absolute atomic E-state index is 12.4. The average Bonchev–Trinajstić information content (AvgIpc) is 2.63. The van der Waals surface area contributed by atoms with Crippen LogP contribution in [0.15, 0.2) is 12.1 Å². The van der Waals surface area contributed by atoms with Gasteiger partial charge in [-0.25, -0.2) is 0 Å². The molecule has 0 bridgehead atoms. The lowest BCUT2D eigenvalue weighted by atomic mass is 9.91. The van der Waals surface area contributed by atoms with Crippen LogP contribution >= 0.6 is 23.2 Å². The Morgan fingerprint density at radius 2 is 1.56 bits per heavy atom. The Kier molecular flexibility index (Phi) is 4.52. The highest BCUT2D eigenvalue weighted by Gasteiger charge is 2.22. The summed E-state index contributed by atoms with van der Waals surface area (Å²) in [4.78, 5) is 12.4. The fraction of sp³-hybridized carbons (Fsp3) is 0.500. The number of hydrogen-bond acceptors (Lipinski definition) is 2. The van der Waals surface area contributed by atoms with Crippen molar-refractivity contribution in [1.82, 2.24) is 0 Å². The predicted octanol–water partition coefficient (Wildman–Crippen LogP) is 4.73. The van der Waals surface area contributed by atoms with Gasteiger partial charge < -0.3 is 5.73 Å². The van der Waals surface area contributed by atoms with Crippen molar-refractivity contribution in [3.05, 3.63) is 27.7 Å². The molecule has 0 aliphatic heterocycles. The molecule has 2 N–H and O–H groups in total. The number of carbonyl (C=O) groups is 1. The monoisotopic (exact) mass is 285 g/mol. The smallest absolute Gasteiger partial charge is 0.166 e. The van der Waals surface area contributed by atoms with Gasteiger partial charge in [0, 0.05) is 11.5 Å². The van der Waals surface area contributed by atoms with Gasteiger partial charge in [-0.1, -0.05) is 48.9 Å². The number of ketones is 1. The van der Waals surface area contributed by atoms with E-state index in [9.17, 15) is 4.79 Å². The fourth-order valence-corrected chi connectivity index (χ4v) is 2.99. The number of hydrogen-bond donors (Lipinski definition) is 1. The molecule has 1 saturated carbocycles. The Labute approximate surface area is 117 Å². The molecule has 0 saturated heterocycles. The zero-order valence-electron chi connectivity index (χ0n) is 10.2. The van der Waals surface area contributed by atoms with Crippen molar-refractivity contribution in [2.24, 2.45) is 5.92 Å². The van der Waals surface area contributed by atoms with E-state index < -0.39 is 0 Å². The Hall–Kier alpha value is -0.730. The molecule has 1 aliphatic carbocycles. The molecule has 2 rings (SSSR count). The van der Waals surface area contributed by atoms with Gasteiger partial charge in [-0.3, -0.25) is 4.79 Å². The first kappa shape index (κ1) is 13.7. The van der Waals surface area contributed by atoms with Gasteiger partial charge in [0.1, 0.15) is 0 Å². The summed E-state index contributed by atoms with van der Waals surface area (Å²) in [5, 5.41) is 0.721. The van der Waals surface area contributed by atoms with E-state index in [1.54, 1.807) is 12.1 Å². The quantitative estimate of drug-likeness (QED) is 0.485. The van der Waals surface area contributed by atoms with Gasteiger partial charge in [0.2, 0.25) is 0 Å². The van der Waals surface area contributed by atoms with Crippen molar-refractivity contribution in [3.8, 4) is 0 Å². The van der Waals surface area contributed by atoms with Crippen LogP contribution in [-0.4, -0.2) is 5.78 Å². The third-order valence-corrected chi connectivity index (χ3v) is 4.21. The number of Topliss-reactive ketones (excluding diaryl/α,β-unsaturated/α-hetero) is 1. The molecule has 0 atom stereocenters. The summed E-state index contributed by atoms with van der Waals surface area (Å²) < 4.78 is 0. The van der Waals surface area contributed by atoms with Crippen LogP contribution < -0.4 is 5.73 Å². The summed E-state index contributed by atoms with van der Waals surface area (Å²) in [6.07, 6.45) is 6.66. The van der Waals surface area contributed by atoms with E-state index in [-0.39, 0.29) is 11.7 Å². The molecule has 0 spiro atoms. The molecule has 1 aromatic carbocycles. The third-order valence-electron chi connectivity index (χ3n) is 3.59. The molecule has 1 aliphatic rings. The fourth-order valence-electron chi connectivity index (χ4n) is 2.50. The van der Waals surface area contributed by atoms with E-state index in [0.717, 1.165) is 25.7 Å². The minimum atomic E-state index is 0.114. The highest BCUT2D eigenvalue weighted by Crippen LogP contribution is 2.32. The van der Waals surface area contributed by atoms with E-state index in [0.29, 0.717) is 21.3 Å². The van der Waals surface area contributed by atoms with Crippen LogP contribution in [0.5, 0.6) is 0 Å². The molecule has 1 aromatic rings. The van der Waals surface area contributed by atoms with Crippen LogP contribution in [0, 0.1) is 5.92 Å². The van der Waals surface area contributed by atoms with Gasteiger partial charge in [0.25, 0.3) is 0 Å². The molecule has 0 radical (unpaired) electrons. The van der Waals surface area contributed by atoms with E-state index in [1.165, 1.54) is 12.8 Å². The first-order valence-electron chi connectivity index (χ1n) is 6.38. The summed E-state index contributed by atoms with van der Waals surface area (Å²) in [6, 6.07) is 3.27. The molecular formula is C14H17Cl2NO. The van der Waals surface area contributed by atoms with Crippen molar-refractivity contribution in [3.63, 3.8) is 0 Å². The second-order valence-electron chi connectivity index (χ2n) is 4.91. The summed E-state index contributed by atoms with van der Waals surface area (Å²) in [5.41, 5.74) is 6.61. The van der Waals surface area contributed by atoms with E-state index in [1.807, 2.05) is 0 Å². The maximum Gasteiger partial charge on any atom is 0.166 e. The number of carbonyl (C=O) groups excluding carboxylic acids is 1. The largest absolute Gasteiger partial charge is 0.396 e. The lowest BCUT2D eigenvalue weighted by Crippen LogP contribution is -2.14. The van der Waals surface area contributed by atoms with Crippen LogP contribution in [0.3, 0.4) is 0 Å². The summed E-state index contributed by atoms with van der Waals surface area (Å²) in [6.45, 7) is 0. The lowest BCUT2D eigenvalue weighted by molar-refractivity contribution is 0.0908. The summed E-state index contributed by atoms with van der Waals surface area (Å²) >= 11 is 11.9. The highest BCUT2D eigenvalue weighted by atomic mass is 35.5. The number of benzene rings is 1. The summed E-state index contributed by atoms with van der Waals surface area (Å²) in [5.74, 6) is 0.268. The number of rotatable bonds is 2. The number of anilines is 1. The number of halogens is 2. The van der Waals surface area contributed by atoms with Gasteiger partial charge in [0.05, 0.1) is 15.7 Å². The van der Waals surface area contributed by atoms with Crippen LogP contribution in [0.4, 0.5) is 5.69 Å². The summed E-state index contributed by atoms with van der Waals surface area (Å²) in [7, 11) is 0. The minimum Gasteiger partial charge on any atom is -0.396 e. The zero-order chi connectivity index (χ0) is 13.1.